The summed E-state index contributed by atoms with van der Waals surface area (Å²) >= 11 is 0. The summed E-state index contributed by atoms with van der Waals surface area (Å²) in [4.78, 5) is 26.0. The van der Waals surface area contributed by atoms with Crippen molar-refractivity contribution in [3.8, 4) is 28.3 Å². The number of anilines is 1. The van der Waals surface area contributed by atoms with Crippen molar-refractivity contribution < 1.29 is 9.53 Å². The smallest absolute Gasteiger partial charge is 0.410 e. The molecule has 4 rings (SSSR count). The molecule has 154 valence electrons. The molecule has 0 bridgehead atoms. The van der Waals surface area contributed by atoms with E-state index in [4.69, 9.17) is 9.72 Å². The van der Waals surface area contributed by atoms with Crippen molar-refractivity contribution in [3.05, 3.63) is 90.0 Å². The van der Waals surface area contributed by atoms with Crippen molar-refractivity contribution in [2.75, 3.05) is 5.32 Å². The van der Waals surface area contributed by atoms with Gasteiger partial charge < -0.3 is 4.74 Å². The standard InChI is InChI=1S/C25H22N4O2/c1-16-9-11-21(12-10-16)31-25(30)28-22-13-17(2)23(20-14-26-18(3)27-15-20)29-24(22)19-7-5-4-6-8-19/h4-15H,1-3H3,(H,28,30). The quantitative estimate of drug-likeness (QED) is 0.464. The molecule has 0 saturated carbocycles. The number of carbonyl (C=O) groups is 1. The van der Waals surface area contributed by atoms with Gasteiger partial charge in [0.25, 0.3) is 0 Å². The highest BCUT2D eigenvalue weighted by Crippen LogP contribution is 2.32. The van der Waals surface area contributed by atoms with Crippen LogP contribution in [0.25, 0.3) is 22.5 Å². The van der Waals surface area contributed by atoms with E-state index in [2.05, 4.69) is 15.3 Å². The van der Waals surface area contributed by atoms with E-state index in [0.717, 1.165) is 27.9 Å². The topological polar surface area (TPSA) is 77.0 Å². The molecule has 0 unspecified atom stereocenters. The van der Waals surface area contributed by atoms with Crippen LogP contribution in [-0.2, 0) is 0 Å². The molecular formula is C25H22N4O2. The van der Waals surface area contributed by atoms with Gasteiger partial charge in [0.05, 0.1) is 17.1 Å². The van der Waals surface area contributed by atoms with Crippen molar-refractivity contribution in [3.63, 3.8) is 0 Å². The maximum atomic E-state index is 12.6. The summed E-state index contributed by atoms with van der Waals surface area (Å²) in [6, 6.07) is 18.9. The number of amides is 1. The van der Waals surface area contributed by atoms with E-state index in [1.54, 1.807) is 24.5 Å². The zero-order valence-corrected chi connectivity index (χ0v) is 17.6. The fraction of sp³-hybridized carbons (Fsp3) is 0.120. The molecule has 6 nitrogen and oxygen atoms in total. The van der Waals surface area contributed by atoms with Crippen LogP contribution in [-0.4, -0.2) is 21.0 Å². The number of hydrogen-bond donors (Lipinski definition) is 1. The summed E-state index contributed by atoms with van der Waals surface area (Å²) in [5, 5.41) is 2.85. The van der Waals surface area contributed by atoms with Crippen molar-refractivity contribution in [1.82, 2.24) is 15.0 Å². The van der Waals surface area contributed by atoms with Crippen molar-refractivity contribution in [1.29, 1.82) is 0 Å². The van der Waals surface area contributed by atoms with Gasteiger partial charge in [-0.2, -0.15) is 0 Å². The Bertz CT molecular complexity index is 1200. The Morgan fingerprint density at radius 2 is 1.52 bits per heavy atom. The molecule has 0 fully saturated rings. The third-order valence-electron chi connectivity index (χ3n) is 4.78. The summed E-state index contributed by atoms with van der Waals surface area (Å²) in [7, 11) is 0. The van der Waals surface area contributed by atoms with Crippen LogP contribution >= 0.6 is 0 Å². The lowest BCUT2D eigenvalue weighted by atomic mass is 10.0. The number of ether oxygens (including phenoxy) is 1. The lowest BCUT2D eigenvalue weighted by molar-refractivity contribution is 0.215. The highest BCUT2D eigenvalue weighted by molar-refractivity contribution is 5.92. The molecule has 31 heavy (non-hydrogen) atoms. The highest BCUT2D eigenvalue weighted by Gasteiger charge is 2.16. The number of pyridine rings is 1. The summed E-state index contributed by atoms with van der Waals surface area (Å²) in [6.07, 6.45) is 2.93. The first-order valence-corrected chi connectivity index (χ1v) is 9.91. The summed E-state index contributed by atoms with van der Waals surface area (Å²) in [5.41, 5.74) is 5.64. The third kappa shape index (κ3) is 4.75. The van der Waals surface area contributed by atoms with E-state index in [1.807, 2.05) is 69.3 Å². The average Bonchev–Trinajstić information content (AvgIpc) is 2.77. The minimum Gasteiger partial charge on any atom is -0.410 e. The van der Waals surface area contributed by atoms with Gasteiger partial charge in [0.2, 0.25) is 0 Å². The predicted molar refractivity (Wildman–Crippen MR) is 121 cm³/mol. The van der Waals surface area contributed by atoms with Crippen LogP contribution in [0.1, 0.15) is 17.0 Å². The van der Waals surface area contributed by atoms with E-state index in [9.17, 15) is 4.79 Å². The van der Waals surface area contributed by atoms with Crippen LogP contribution in [0.4, 0.5) is 10.5 Å². The highest BCUT2D eigenvalue weighted by atomic mass is 16.6. The van der Waals surface area contributed by atoms with Crippen molar-refractivity contribution in [2.45, 2.75) is 20.8 Å². The fourth-order valence-electron chi connectivity index (χ4n) is 3.18. The SMILES string of the molecule is Cc1ccc(OC(=O)Nc2cc(C)c(-c3cnc(C)nc3)nc2-c2ccccc2)cc1. The van der Waals surface area contributed by atoms with Crippen molar-refractivity contribution >= 4 is 11.8 Å². The van der Waals surface area contributed by atoms with Crippen LogP contribution < -0.4 is 10.1 Å². The van der Waals surface area contributed by atoms with Gasteiger partial charge in [-0.05, 0) is 44.5 Å². The fourth-order valence-corrected chi connectivity index (χ4v) is 3.18. The van der Waals surface area contributed by atoms with Gasteiger partial charge in [-0.25, -0.2) is 19.7 Å². The zero-order valence-electron chi connectivity index (χ0n) is 17.6. The molecule has 4 aromatic rings. The van der Waals surface area contributed by atoms with Gasteiger partial charge in [-0.3, -0.25) is 5.32 Å². The van der Waals surface area contributed by atoms with Crippen LogP contribution in [0.5, 0.6) is 5.75 Å². The molecule has 2 aromatic heterocycles. The number of nitrogens with one attached hydrogen (secondary N) is 1. The van der Waals surface area contributed by atoms with Crippen LogP contribution in [0.15, 0.2) is 73.1 Å². The van der Waals surface area contributed by atoms with Gasteiger partial charge in [0.15, 0.2) is 0 Å². The average molecular weight is 410 g/mol. The molecular weight excluding hydrogens is 388 g/mol. The largest absolute Gasteiger partial charge is 0.417 e. The molecule has 2 heterocycles. The molecule has 6 heteroatoms. The second-order valence-corrected chi connectivity index (χ2v) is 7.26. The molecule has 0 spiro atoms. The van der Waals surface area contributed by atoms with Gasteiger partial charge in [0, 0.05) is 23.5 Å². The van der Waals surface area contributed by atoms with Crippen molar-refractivity contribution in [2.24, 2.45) is 0 Å². The molecule has 1 amide bonds. The van der Waals surface area contributed by atoms with Gasteiger partial charge in [0.1, 0.15) is 11.6 Å². The predicted octanol–water partition coefficient (Wildman–Crippen LogP) is 5.74. The second-order valence-electron chi connectivity index (χ2n) is 7.26. The maximum absolute atomic E-state index is 12.6. The van der Waals surface area contributed by atoms with E-state index in [-0.39, 0.29) is 0 Å². The van der Waals surface area contributed by atoms with E-state index >= 15 is 0 Å². The summed E-state index contributed by atoms with van der Waals surface area (Å²) < 4.78 is 5.43. The Balaban J connectivity index is 1.70. The molecule has 0 aliphatic carbocycles. The Morgan fingerprint density at radius 1 is 0.839 bits per heavy atom. The normalized spacial score (nSPS) is 10.5. The number of aromatic nitrogens is 3. The summed E-state index contributed by atoms with van der Waals surface area (Å²) in [5.74, 6) is 1.17. The summed E-state index contributed by atoms with van der Waals surface area (Å²) in [6.45, 7) is 5.75. The Morgan fingerprint density at radius 3 is 2.19 bits per heavy atom. The number of hydrogen-bond acceptors (Lipinski definition) is 5. The van der Waals surface area contributed by atoms with Gasteiger partial charge >= 0.3 is 6.09 Å². The van der Waals surface area contributed by atoms with Crippen LogP contribution in [0.3, 0.4) is 0 Å². The molecule has 2 aromatic carbocycles. The second kappa shape index (κ2) is 8.75. The number of rotatable bonds is 4. The Labute approximate surface area is 181 Å². The minimum absolute atomic E-state index is 0.475. The van der Waals surface area contributed by atoms with Gasteiger partial charge in [-0.15, -0.1) is 0 Å². The number of nitrogens with zero attached hydrogens (tertiary/aromatic N) is 3. The van der Waals surface area contributed by atoms with E-state index in [1.165, 1.54) is 0 Å². The lowest BCUT2D eigenvalue weighted by Crippen LogP contribution is -2.18. The monoisotopic (exact) mass is 410 g/mol. The first-order valence-electron chi connectivity index (χ1n) is 9.91. The first-order chi connectivity index (χ1) is 15.0. The molecule has 0 aliphatic rings. The number of carbonyl (C=O) groups excluding carboxylic acids is 1. The van der Waals surface area contributed by atoms with Crippen LogP contribution in [0, 0.1) is 20.8 Å². The third-order valence-corrected chi connectivity index (χ3v) is 4.78. The molecule has 0 radical (unpaired) electrons. The minimum atomic E-state index is -0.575. The van der Waals surface area contributed by atoms with E-state index in [0.29, 0.717) is 23.0 Å². The molecule has 1 N–H and O–H groups in total. The number of aryl methyl sites for hydroxylation is 3. The van der Waals surface area contributed by atoms with Gasteiger partial charge in [-0.1, -0.05) is 48.0 Å². The molecule has 0 saturated heterocycles. The Kier molecular flexibility index (Phi) is 5.71. The Hall–Kier alpha value is -4.06. The van der Waals surface area contributed by atoms with E-state index < -0.39 is 6.09 Å². The number of benzene rings is 2. The molecule has 0 atom stereocenters. The van der Waals surface area contributed by atoms with Crippen LogP contribution in [0.2, 0.25) is 0 Å². The maximum Gasteiger partial charge on any atom is 0.417 e. The molecule has 0 aliphatic heterocycles. The lowest BCUT2D eigenvalue weighted by Gasteiger charge is -2.15. The zero-order chi connectivity index (χ0) is 21.8. The first kappa shape index (κ1) is 20.2.